The normalized spacial score (nSPS) is 15.4. The molecule has 0 fully saturated rings. The summed E-state index contributed by atoms with van der Waals surface area (Å²) < 4.78 is 40.0. The van der Waals surface area contributed by atoms with Gasteiger partial charge >= 0.3 is 0 Å². The van der Waals surface area contributed by atoms with Crippen molar-refractivity contribution in [3.63, 3.8) is 0 Å². The number of benzene rings is 1. The Morgan fingerprint density at radius 1 is 1.25 bits per heavy atom. The van der Waals surface area contributed by atoms with Crippen molar-refractivity contribution in [3.8, 4) is 5.88 Å². The van der Waals surface area contributed by atoms with E-state index in [-0.39, 0.29) is 23.2 Å². The minimum atomic E-state index is -2.33. The number of carbonyl (C=O) groups excluding carboxylic acids is 2. The van der Waals surface area contributed by atoms with Crippen LogP contribution in [0.1, 0.15) is 34.8 Å². The molecule has 1 aliphatic heterocycles. The molecule has 0 spiro atoms. The zero-order valence-electron chi connectivity index (χ0n) is 20.3. The molecule has 2 N–H and O–H groups in total. The van der Waals surface area contributed by atoms with Gasteiger partial charge in [0.25, 0.3) is 17.4 Å². The van der Waals surface area contributed by atoms with E-state index in [4.69, 9.17) is 9.26 Å². The van der Waals surface area contributed by atoms with Crippen LogP contribution in [-0.2, 0) is 11.2 Å². The molecule has 1 atom stereocenters. The predicted molar refractivity (Wildman–Crippen MR) is 130 cm³/mol. The molecular weight excluding hydrogens is 490 g/mol. The highest BCUT2D eigenvalue weighted by atomic mass is 28.3. The lowest BCUT2D eigenvalue weighted by Crippen LogP contribution is -2.46. The van der Waals surface area contributed by atoms with Crippen molar-refractivity contribution in [2.24, 2.45) is 0 Å². The van der Waals surface area contributed by atoms with Crippen LogP contribution in [0.3, 0.4) is 0 Å². The van der Waals surface area contributed by atoms with Crippen LogP contribution in [0.5, 0.6) is 5.88 Å². The molecule has 12 heteroatoms. The third-order valence-electron chi connectivity index (χ3n) is 6.50. The van der Waals surface area contributed by atoms with E-state index >= 15 is 0 Å². The fourth-order valence-electron chi connectivity index (χ4n) is 4.29. The molecule has 36 heavy (non-hydrogen) atoms. The Morgan fingerprint density at radius 2 is 1.94 bits per heavy atom. The van der Waals surface area contributed by atoms with Gasteiger partial charge in [0, 0.05) is 35.5 Å². The van der Waals surface area contributed by atoms with E-state index < -0.39 is 43.1 Å². The first-order chi connectivity index (χ1) is 17.1. The molecule has 0 saturated heterocycles. The Morgan fingerprint density at radius 3 is 2.53 bits per heavy atom. The maximum atomic E-state index is 14.9. The third-order valence-corrected chi connectivity index (χ3v) is 10.1. The van der Waals surface area contributed by atoms with Crippen molar-refractivity contribution in [2.75, 3.05) is 19.0 Å². The van der Waals surface area contributed by atoms with Crippen LogP contribution in [-0.4, -0.2) is 48.6 Å². The summed E-state index contributed by atoms with van der Waals surface area (Å²) >= 11 is 0. The number of nitrogens with one attached hydrogen (secondary N) is 2. The van der Waals surface area contributed by atoms with E-state index in [1.165, 1.54) is 12.0 Å². The number of hydrogen-bond donors (Lipinski definition) is 2. The van der Waals surface area contributed by atoms with Gasteiger partial charge in [-0.3, -0.25) is 14.4 Å². The number of halogens is 2. The first-order valence-corrected chi connectivity index (χ1v) is 14.6. The number of amides is 2. The van der Waals surface area contributed by atoms with Gasteiger partial charge in [-0.25, -0.2) is 13.8 Å². The fourth-order valence-corrected chi connectivity index (χ4v) is 6.08. The third kappa shape index (κ3) is 4.68. The first-order valence-electron chi connectivity index (χ1n) is 11.4. The second-order valence-electron chi connectivity index (χ2n) is 9.16. The largest absolute Gasteiger partial charge is 0.481 e. The molecule has 3 heterocycles. The lowest BCUT2D eigenvalue weighted by atomic mass is 9.95. The van der Waals surface area contributed by atoms with Gasteiger partial charge in [-0.15, -0.1) is 0 Å². The van der Waals surface area contributed by atoms with Gasteiger partial charge in [0.15, 0.2) is 0 Å². The molecule has 0 radical (unpaired) electrons. The predicted octanol–water partition coefficient (Wildman–Crippen LogP) is 2.96. The van der Waals surface area contributed by atoms with E-state index in [0.29, 0.717) is 29.6 Å². The maximum Gasteiger partial charge on any atom is 0.293 e. The number of carbonyl (C=O) groups is 2. The number of pyridine rings is 1. The SMILES string of the molecule is CC[Si](C)(C)c1c(F)cc(NC(=O)[C@@H]2c3ccc(OC)nc3CCN2C(=O)c2cc(=O)[nH]o2)cc1F. The number of hydrogen-bond acceptors (Lipinski definition) is 6. The number of aromatic nitrogens is 2. The Balaban J connectivity index is 1.72. The van der Waals surface area contributed by atoms with Crippen LogP contribution < -0.4 is 20.8 Å². The molecule has 0 aliphatic carbocycles. The minimum Gasteiger partial charge on any atom is -0.481 e. The highest BCUT2D eigenvalue weighted by Gasteiger charge is 2.39. The smallest absolute Gasteiger partial charge is 0.293 e. The average Bonchev–Trinajstić information content (AvgIpc) is 3.27. The number of methoxy groups -OCH3 is 1. The van der Waals surface area contributed by atoms with Gasteiger partial charge in [0.1, 0.15) is 17.7 Å². The summed E-state index contributed by atoms with van der Waals surface area (Å²) in [5, 5.41) is 4.67. The van der Waals surface area contributed by atoms with E-state index in [0.717, 1.165) is 18.2 Å². The second-order valence-corrected chi connectivity index (χ2v) is 14.1. The quantitative estimate of drug-likeness (QED) is 0.487. The number of nitrogens with zero attached hydrogens (tertiary/aromatic N) is 2. The van der Waals surface area contributed by atoms with E-state index in [1.807, 2.05) is 20.0 Å². The molecule has 1 aliphatic rings. The second kappa shape index (κ2) is 9.68. The summed E-state index contributed by atoms with van der Waals surface area (Å²) in [6, 6.07) is 5.78. The number of H-pyrrole nitrogens is 1. The van der Waals surface area contributed by atoms with Gasteiger partial charge in [0.2, 0.25) is 11.6 Å². The van der Waals surface area contributed by atoms with Crippen molar-refractivity contribution >= 4 is 30.8 Å². The molecule has 2 aromatic heterocycles. The van der Waals surface area contributed by atoms with Crippen LogP contribution in [0.25, 0.3) is 0 Å². The van der Waals surface area contributed by atoms with Crippen molar-refractivity contribution in [3.05, 3.63) is 69.3 Å². The number of rotatable bonds is 6. The first kappa shape index (κ1) is 25.3. The Bertz CT molecular complexity index is 1360. The zero-order chi connectivity index (χ0) is 26.2. The van der Waals surface area contributed by atoms with E-state index in [2.05, 4.69) is 15.5 Å². The van der Waals surface area contributed by atoms with Crippen molar-refractivity contribution in [1.82, 2.24) is 15.0 Å². The van der Waals surface area contributed by atoms with Crippen LogP contribution in [0.15, 0.2) is 39.6 Å². The maximum absolute atomic E-state index is 14.9. The summed E-state index contributed by atoms with van der Waals surface area (Å²) in [7, 11) is -0.871. The summed E-state index contributed by atoms with van der Waals surface area (Å²) in [6.45, 7) is 5.71. The van der Waals surface area contributed by atoms with Gasteiger partial charge in [0.05, 0.1) is 26.9 Å². The Kier molecular flexibility index (Phi) is 6.80. The van der Waals surface area contributed by atoms with Gasteiger partial charge in [-0.05, 0) is 18.2 Å². The molecule has 4 rings (SSSR count). The Hall–Kier alpha value is -3.80. The van der Waals surface area contributed by atoms with Gasteiger partial charge < -0.3 is 19.5 Å². The van der Waals surface area contributed by atoms with E-state index in [1.54, 1.807) is 12.1 Å². The number of anilines is 1. The van der Waals surface area contributed by atoms with Crippen LogP contribution in [0.4, 0.5) is 14.5 Å². The number of ether oxygens (including phenoxy) is 1. The Labute approximate surface area is 206 Å². The number of fused-ring (bicyclic) bond motifs is 1. The summed E-state index contributed by atoms with van der Waals surface area (Å²) in [6.07, 6.45) is 0.311. The molecule has 0 unspecified atom stereocenters. The van der Waals surface area contributed by atoms with Crippen molar-refractivity contribution in [1.29, 1.82) is 0 Å². The summed E-state index contributed by atoms with van der Waals surface area (Å²) in [4.78, 5) is 43.7. The number of aromatic amines is 1. The van der Waals surface area contributed by atoms with Crippen molar-refractivity contribution < 1.29 is 27.6 Å². The van der Waals surface area contributed by atoms with Crippen LogP contribution in [0, 0.1) is 11.6 Å². The molecule has 9 nitrogen and oxygen atoms in total. The topological polar surface area (TPSA) is 118 Å². The van der Waals surface area contributed by atoms with Crippen LogP contribution >= 0.6 is 0 Å². The molecule has 2 amide bonds. The lowest BCUT2D eigenvalue weighted by molar-refractivity contribution is -0.121. The van der Waals surface area contributed by atoms with Gasteiger partial charge in [-0.2, -0.15) is 5.16 Å². The van der Waals surface area contributed by atoms with Crippen molar-refractivity contribution in [2.45, 2.75) is 38.5 Å². The monoisotopic (exact) mass is 516 g/mol. The molecular formula is C24H26F2N4O5Si. The highest BCUT2D eigenvalue weighted by Crippen LogP contribution is 2.33. The standard InChI is InChI=1S/C24H26F2N4O5Si/c1-5-36(3,4)22-15(25)10-13(11-16(22)26)27-23(32)21-14-6-7-20(34-2)28-17(14)8-9-30(21)24(33)18-12-19(31)29-35-18/h6-7,10-12,21H,5,8-9H2,1-4H3,(H,27,32)(H,29,31)/t21-/m0/s1. The van der Waals surface area contributed by atoms with Gasteiger partial charge in [-0.1, -0.05) is 26.1 Å². The summed E-state index contributed by atoms with van der Waals surface area (Å²) in [5.41, 5.74) is 0.280. The zero-order valence-corrected chi connectivity index (χ0v) is 21.3. The average molecular weight is 517 g/mol. The molecule has 1 aromatic carbocycles. The molecule has 190 valence electrons. The van der Waals surface area contributed by atoms with Crippen LogP contribution in [0.2, 0.25) is 19.1 Å². The molecule has 0 bridgehead atoms. The minimum absolute atomic E-state index is 0.0709. The summed E-state index contributed by atoms with van der Waals surface area (Å²) in [5.74, 6) is -2.77. The molecule has 0 saturated carbocycles. The highest BCUT2D eigenvalue weighted by molar-refractivity contribution is 6.89. The fraction of sp³-hybridized carbons (Fsp3) is 0.333. The molecule has 3 aromatic rings. The lowest BCUT2D eigenvalue weighted by Gasteiger charge is -2.35. The van der Waals surface area contributed by atoms with E-state index in [9.17, 15) is 23.2 Å².